The van der Waals surface area contributed by atoms with E-state index < -0.39 is 23.2 Å². The van der Waals surface area contributed by atoms with E-state index >= 15 is 0 Å². The van der Waals surface area contributed by atoms with Crippen LogP contribution in [0.25, 0.3) is 11.8 Å². The number of aromatic nitrogens is 2. The van der Waals surface area contributed by atoms with Crippen LogP contribution in [0.1, 0.15) is 16.8 Å². The molecule has 4 nitrogen and oxygen atoms in total. The van der Waals surface area contributed by atoms with Crippen LogP contribution in [0.5, 0.6) is 0 Å². The number of nitrogens with zero attached hydrogens (tertiary/aromatic N) is 2. The molecular weight excluding hydrogens is 456 g/mol. The maximum absolute atomic E-state index is 13.5. The van der Waals surface area contributed by atoms with Crippen molar-refractivity contribution in [1.29, 1.82) is 0 Å². The number of aryl methyl sites for hydroxylation is 1. The minimum atomic E-state index is -4.67. The molecule has 0 spiro atoms. The Labute approximate surface area is 183 Å². The molecule has 0 saturated heterocycles. The van der Waals surface area contributed by atoms with Crippen LogP contribution < -0.4 is 5.32 Å². The van der Waals surface area contributed by atoms with Gasteiger partial charge in [0.25, 0.3) is 0 Å². The number of hydrogen-bond donors (Lipinski definition) is 1. The molecule has 3 aromatic rings. The molecule has 0 fully saturated rings. The van der Waals surface area contributed by atoms with Gasteiger partial charge in [-0.05, 0) is 60.7 Å². The average molecular weight is 471 g/mol. The number of nitrogens with one attached hydrogen (secondary N) is 1. The molecule has 3 rings (SSSR count). The number of halogens is 6. The minimum absolute atomic E-state index is 0.00745. The van der Waals surface area contributed by atoms with E-state index in [4.69, 9.17) is 0 Å². The summed E-state index contributed by atoms with van der Waals surface area (Å²) in [5.74, 6) is -0.696. The lowest BCUT2D eigenvalue weighted by molar-refractivity contribution is -0.137. The van der Waals surface area contributed by atoms with Crippen molar-refractivity contribution in [2.24, 2.45) is 0 Å². The highest BCUT2D eigenvalue weighted by atomic mass is 32.2. The minimum Gasteiger partial charge on any atom is -0.322 e. The number of carbonyl (C=O) groups is 1. The van der Waals surface area contributed by atoms with Crippen LogP contribution in [0, 0.1) is 6.92 Å². The molecule has 0 atom stereocenters. The van der Waals surface area contributed by atoms with E-state index in [1.54, 1.807) is 6.92 Å². The summed E-state index contributed by atoms with van der Waals surface area (Å²) in [4.78, 5) is 16.0. The summed E-state index contributed by atoms with van der Waals surface area (Å²) in [6.07, 6.45) is 0.459. The second-order valence-electron chi connectivity index (χ2n) is 6.59. The van der Waals surface area contributed by atoms with E-state index in [1.165, 1.54) is 59.6 Å². The Balaban J connectivity index is 1.73. The summed E-state index contributed by atoms with van der Waals surface area (Å²) in [5.41, 5.74) is -4.56. The summed E-state index contributed by atoms with van der Waals surface area (Å²) < 4.78 is 78.9. The SMILES string of the molecule is Cc1cn(-c2ccc(NC(=O)/C=C/c3ccc(SC(F)(F)F)cc3)cc2C(F)(F)F)cn1. The van der Waals surface area contributed by atoms with Crippen LogP contribution in [0.15, 0.2) is 66.0 Å². The zero-order valence-corrected chi connectivity index (χ0v) is 17.1. The van der Waals surface area contributed by atoms with Crippen molar-refractivity contribution in [1.82, 2.24) is 9.55 Å². The van der Waals surface area contributed by atoms with Crippen molar-refractivity contribution >= 4 is 29.4 Å². The summed E-state index contributed by atoms with van der Waals surface area (Å²) in [7, 11) is 0. The summed E-state index contributed by atoms with van der Waals surface area (Å²) in [5, 5.41) is 2.35. The highest BCUT2D eigenvalue weighted by Crippen LogP contribution is 2.37. The molecule has 168 valence electrons. The first-order valence-electron chi connectivity index (χ1n) is 8.98. The number of anilines is 1. The quantitative estimate of drug-likeness (QED) is 0.264. The van der Waals surface area contributed by atoms with Crippen molar-refractivity contribution in [2.75, 3.05) is 5.32 Å². The van der Waals surface area contributed by atoms with Crippen molar-refractivity contribution < 1.29 is 31.1 Å². The number of imidazole rings is 1. The van der Waals surface area contributed by atoms with Gasteiger partial charge in [0, 0.05) is 22.9 Å². The number of alkyl halides is 6. The number of amides is 1. The van der Waals surface area contributed by atoms with Crippen molar-refractivity contribution in [3.05, 3.63) is 77.9 Å². The van der Waals surface area contributed by atoms with E-state index in [0.29, 0.717) is 11.3 Å². The number of hydrogen-bond acceptors (Lipinski definition) is 3. The van der Waals surface area contributed by atoms with Crippen molar-refractivity contribution in [3.63, 3.8) is 0 Å². The van der Waals surface area contributed by atoms with Crippen LogP contribution >= 0.6 is 11.8 Å². The molecule has 1 heterocycles. The Morgan fingerprint density at radius 1 is 1.06 bits per heavy atom. The second-order valence-corrected chi connectivity index (χ2v) is 7.73. The third-order valence-electron chi connectivity index (χ3n) is 4.10. The van der Waals surface area contributed by atoms with Gasteiger partial charge >= 0.3 is 11.7 Å². The first-order valence-corrected chi connectivity index (χ1v) is 9.79. The van der Waals surface area contributed by atoms with Gasteiger partial charge in [-0.2, -0.15) is 26.3 Å². The Bertz CT molecular complexity index is 1130. The summed E-state index contributed by atoms with van der Waals surface area (Å²) in [6.45, 7) is 1.65. The zero-order chi connectivity index (χ0) is 23.5. The van der Waals surface area contributed by atoms with Gasteiger partial charge in [-0.1, -0.05) is 12.1 Å². The van der Waals surface area contributed by atoms with Gasteiger partial charge in [-0.3, -0.25) is 4.79 Å². The van der Waals surface area contributed by atoms with Gasteiger partial charge in [-0.25, -0.2) is 4.98 Å². The Morgan fingerprint density at radius 3 is 2.31 bits per heavy atom. The third-order valence-corrected chi connectivity index (χ3v) is 4.84. The molecule has 0 radical (unpaired) electrons. The molecule has 0 bridgehead atoms. The smallest absolute Gasteiger partial charge is 0.322 e. The maximum Gasteiger partial charge on any atom is 0.446 e. The fraction of sp³-hybridized carbons (Fsp3) is 0.143. The van der Waals surface area contributed by atoms with Gasteiger partial charge in [0.2, 0.25) is 5.91 Å². The molecule has 1 N–H and O–H groups in total. The summed E-state index contributed by atoms with van der Waals surface area (Å²) >= 11 is -0.261. The van der Waals surface area contributed by atoms with Gasteiger partial charge in [-0.15, -0.1) is 0 Å². The molecule has 1 amide bonds. The van der Waals surface area contributed by atoms with Crippen LogP contribution in [0.4, 0.5) is 32.0 Å². The fourth-order valence-corrected chi connectivity index (χ4v) is 3.29. The van der Waals surface area contributed by atoms with Crippen LogP contribution in [0.2, 0.25) is 0 Å². The molecular formula is C21H15F6N3OS. The first-order chi connectivity index (χ1) is 14.9. The standard InChI is InChI=1S/C21H15F6N3OS/c1-13-11-30(12-28-13)18-8-5-15(10-17(18)20(22,23)24)29-19(31)9-4-14-2-6-16(7-3-14)32-21(25,26)27/h2-12H,1H3,(H,29,31)/b9-4+. The predicted molar refractivity (Wildman–Crippen MR) is 109 cm³/mol. The molecule has 0 aliphatic heterocycles. The topological polar surface area (TPSA) is 46.9 Å². The predicted octanol–water partition coefficient (Wildman–Crippen LogP) is 6.46. The molecule has 0 saturated carbocycles. The largest absolute Gasteiger partial charge is 0.446 e. The Morgan fingerprint density at radius 2 is 1.75 bits per heavy atom. The van der Waals surface area contributed by atoms with Crippen LogP contribution in [0.3, 0.4) is 0 Å². The number of benzene rings is 2. The lowest BCUT2D eigenvalue weighted by Crippen LogP contribution is -2.13. The van der Waals surface area contributed by atoms with E-state index in [2.05, 4.69) is 10.3 Å². The monoisotopic (exact) mass is 471 g/mol. The number of thioether (sulfide) groups is 1. The van der Waals surface area contributed by atoms with E-state index in [0.717, 1.165) is 12.1 Å². The number of carbonyl (C=O) groups excluding carboxylic acids is 1. The van der Waals surface area contributed by atoms with Crippen LogP contribution in [-0.2, 0) is 11.0 Å². The molecule has 2 aromatic carbocycles. The van der Waals surface area contributed by atoms with Gasteiger partial charge in [0.05, 0.1) is 23.3 Å². The van der Waals surface area contributed by atoms with Gasteiger partial charge < -0.3 is 9.88 Å². The maximum atomic E-state index is 13.5. The lowest BCUT2D eigenvalue weighted by atomic mass is 10.1. The lowest BCUT2D eigenvalue weighted by Gasteiger charge is -2.15. The molecule has 0 unspecified atom stereocenters. The van der Waals surface area contributed by atoms with Gasteiger partial charge in [0.1, 0.15) is 0 Å². The molecule has 11 heteroatoms. The Kier molecular flexibility index (Phi) is 6.68. The molecule has 1 aromatic heterocycles. The average Bonchev–Trinajstić information content (AvgIpc) is 3.12. The first kappa shape index (κ1) is 23.5. The van der Waals surface area contributed by atoms with Crippen molar-refractivity contribution in [3.8, 4) is 5.69 Å². The third kappa shape index (κ3) is 6.39. The fourth-order valence-electron chi connectivity index (χ4n) is 2.76. The highest BCUT2D eigenvalue weighted by Gasteiger charge is 2.34. The molecule has 0 aliphatic carbocycles. The van der Waals surface area contributed by atoms with E-state index in [9.17, 15) is 31.1 Å². The van der Waals surface area contributed by atoms with Crippen molar-refractivity contribution in [2.45, 2.75) is 23.5 Å². The van der Waals surface area contributed by atoms with Gasteiger partial charge in [0.15, 0.2) is 0 Å². The number of rotatable bonds is 5. The highest BCUT2D eigenvalue weighted by molar-refractivity contribution is 8.00. The van der Waals surface area contributed by atoms with E-state index in [-0.39, 0.29) is 28.0 Å². The zero-order valence-electron chi connectivity index (χ0n) is 16.3. The Hall–Kier alpha value is -3.21. The van der Waals surface area contributed by atoms with Crippen LogP contribution in [-0.4, -0.2) is 21.0 Å². The second kappa shape index (κ2) is 9.11. The molecule has 0 aliphatic rings. The van der Waals surface area contributed by atoms with E-state index in [1.807, 2.05) is 0 Å². The summed E-state index contributed by atoms with van der Waals surface area (Å²) in [6, 6.07) is 8.65. The normalized spacial score (nSPS) is 12.3. The molecule has 32 heavy (non-hydrogen) atoms.